The Morgan fingerprint density at radius 2 is 1.88 bits per heavy atom. The van der Waals surface area contributed by atoms with Crippen molar-refractivity contribution in [1.82, 2.24) is 10.2 Å². The summed E-state index contributed by atoms with van der Waals surface area (Å²) in [7, 11) is 1.50. The highest BCUT2D eigenvalue weighted by molar-refractivity contribution is 9.10. The molecule has 0 unspecified atom stereocenters. The van der Waals surface area contributed by atoms with Gasteiger partial charge in [0.1, 0.15) is 5.75 Å². The Labute approximate surface area is 206 Å². The summed E-state index contributed by atoms with van der Waals surface area (Å²) < 4.78 is 6.00. The number of benzene rings is 2. The number of anilines is 2. The molecule has 32 heavy (non-hydrogen) atoms. The van der Waals surface area contributed by atoms with Crippen LogP contribution in [0.4, 0.5) is 11.4 Å². The lowest BCUT2D eigenvalue weighted by atomic mass is 10.2. The molecule has 0 bridgehead atoms. The number of methoxy groups -OCH3 is 1. The fraction of sp³-hybridized carbons (Fsp3) is 0.318. The third-order valence-electron chi connectivity index (χ3n) is 5.11. The molecule has 2 amide bonds. The fourth-order valence-electron chi connectivity index (χ4n) is 3.45. The highest BCUT2D eigenvalue weighted by Gasteiger charge is 2.21. The molecule has 1 heterocycles. The maximum absolute atomic E-state index is 12.6. The molecule has 170 valence electrons. The largest absolute Gasteiger partial charge is 0.496 e. The summed E-state index contributed by atoms with van der Waals surface area (Å²) in [5.74, 6) is 0.232. The van der Waals surface area contributed by atoms with Crippen LogP contribution < -0.4 is 20.3 Å². The van der Waals surface area contributed by atoms with Crippen molar-refractivity contribution < 1.29 is 14.3 Å². The van der Waals surface area contributed by atoms with E-state index in [1.165, 1.54) is 7.11 Å². The van der Waals surface area contributed by atoms with Gasteiger partial charge in [0, 0.05) is 42.8 Å². The molecular formula is C22H24BrClN4O3S. The minimum Gasteiger partial charge on any atom is -0.496 e. The second-order valence-corrected chi connectivity index (χ2v) is 8.87. The summed E-state index contributed by atoms with van der Waals surface area (Å²) in [6.45, 7) is 4.68. The van der Waals surface area contributed by atoms with Gasteiger partial charge in [0.25, 0.3) is 5.91 Å². The average Bonchev–Trinajstić information content (AvgIpc) is 2.78. The Morgan fingerprint density at radius 1 is 1.16 bits per heavy atom. The molecule has 0 atom stereocenters. The predicted molar refractivity (Wildman–Crippen MR) is 135 cm³/mol. The van der Waals surface area contributed by atoms with E-state index in [2.05, 4.69) is 31.5 Å². The minimum atomic E-state index is -0.386. The van der Waals surface area contributed by atoms with Crippen LogP contribution in [0.2, 0.25) is 5.02 Å². The number of nitrogens with one attached hydrogen (secondary N) is 2. The lowest BCUT2D eigenvalue weighted by molar-refractivity contribution is -0.131. The van der Waals surface area contributed by atoms with Crippen molar-refractivity contribution in [2.75, 3.05) is 43.5 Å². The maximum Gasteiger partial charge on any atom is 0.261 e. The molecule has 0 spiro atoms. The zero-order valence-corrected chi connectivity index (χ0v) is 20.9. The van der Waals surface area contributed by atoms with Crippen LogP contribution in [0.3, 0.4) is 0 Å². The van der Waals surface area contributed by atoms with Gasteiger partial charge in [-0.15, -0.1) is 0 Å². The monoisotopic (exact) mass is 538 g/mol. The van der Waals surface area contributed by atoms with Crippen molar-refractivity contribution in [1.29, 1.82) is 0 Å². The Morgan fingerprint density at radius 3 is 2.50 bits per heavy atom. The van der Waals surface area contributed by atoms with Gasteiger partial charge >= 0.3 is 0 Å². The molecule has 0 radical (unpaired) electrons. The smallest absolute Gasteiger partial charge is 0.261 e. The van der Waals surface area contributed by atoms with Crippen molar-refractivity contribution in [2.45, 2.75) is 13.3 Å². The first-order chi connectivity index (χ1) is 15.3. The number of carbonyl (C=O) groups excluding carboxylic acids is 2. The minimum absolute atomic E-state index is 0.146. The van der Waals surface area contributed by atoms with Crippen LogP contribution in [0.25, 0.3) is 0 Å². The molecule has 3 rings (SSSR count). The van der Waals surface area contributed by atoms with E-state index in [1.807, 2.05) is 24.0 Å². The average molecular weight is 540 g/mol. The van der Waals surface area contributed by atoms with Gasteiger partial charge in [-0.05, 0) is 48.6 Å². The van der Waals surface area contributed by atoms with E-state index >= 15 is 0 Å². The normalized spacial score (nSPS) is 13.5. The number of hydrogen-bond acceptors (Lipinski definition) is 5. The molecule has 0 aliphatic carbocycles. The third-order valence-corrected chi connectivity index (χ3v) is 6.11. The first-order valence-corrected chi connectivity index (χ1v) is 11.7. The van der Waals surface area contributed by atoms with E-state index < -0.39 is 0 Å². The summed E-state index contributed by atoms with van der Waals surface area (Å²) in [4.78, 5) is 28.5. The molecule has 1 fully saturated rings. The Hall–Kier alpha value is -2.36. The second-order valence-electron chi connectivity index (χ2n) is 7.14. The van der Waals surface area contributed by atoms with Crippen molar-refractivity contribution >= 4 is 68.1 Å². The van der Waals surface area contributed by atoms with Crippen molar-refractivity contribution in [2.24, 2.45) is 0 Å². The van der Waals surface area contributed by atoms with E-state index in [4.69, 9.17) is 28.6 Å². The number of ether oxygens (including phenoxy) is 1. The Balaban J connectivity index is 1.61. The first kappa shape index (κ1) is 24.3. The van der Waals surface area contributed by atoms with Crippen molar-refractivity contribution in [3.05, 3.63) is 51.5 Å². The summed E-state index contributed by atoms with van der Waals surface area (Å²) in [6, 6.07) is 10.7. The highest BCUT2D eigenvalue weighted by Crippen LogP contribution is 2.30. The number of halogens is 2. The van der Waals surface area contributed by atoms with Gasteiger partial charge in [-0.3, -0.25) is 14.9 Å². The Kier molecular flexibility index (Phi) is 8.33. The van der Waals surface area contributed by atoms with Crippen LogP contribution in [0.15, 0.2) is 40.9 Å². The van der Waals surface area contributed by atoms with E-state index in [1.54, 1.807) is 24.3 Å². The van der Waals surface area contributed by atoms with Gasteiger partial charge in [-0.2, -0.15) is 0 Å². The molecule has 2 aromatic rings. The van der Waals surface area contributed by atoms with Crippen LogP contribution in [-0.4, -0.2) is 55.1 Å². The molecule has 1 saturated heterocycles. The van der Waals surface area contributed by atoms with E-state index in [9.17, 15) is 9.59 Å². The van der Waals surface area contributed by atoms with Gasteiger partial charge in [0.2, 0.25) is 5.91 Å². The number of piperazine rings is 1. The predicted octanol–water partition coefficient (Wildman–Crippen LogP) is 4.30. The van der Waals surface area contributed by atoms with Crippen molar-refractivity contribution in [3.8, 4) is 5.75 Å². The molecule has 1 aliphatic rings. The van der Waals surface area contributed by atoms with E-state index in [-0.39, 0.29) is 16.9 Å². The van der Waals surface area contributed by atoms with E-state index in [0.29, 0.717) is 41.5 Å². The summed E-state index contributed by atoms with van der Waals surface area (Å²) in [6.07, 6.45) is 0.520. The zero-order chi connectivity index (χ0) is 23.3. The number of carbonyl (C=O) groups is 2. The topological polar surface area (TPSA) is 73.9 Å². The van der Waals surface area contributed by atoms with Crippen molar-refractivity contribution in [3.63, 3.8) is 0 Å². The Bertz CT molecular complexity index is 1030. The standard InChI is InChI=1S/C22H24BrClN4O3S/c1-3-20(29)28-10-8-27(9-11-28)18-6-5-15(13-17(18)24)25-22(32)26-21(30)16-12-14(23)4-7-19(16)31-2/h4-7,12-13H,3,8-11H2,1-2H3,(H2,25,26,30,32). The molecule has 1 aliphatic heterocycles. The lowest BCUT2D eigenvalue weighted by Crippen LogP contribution is -2.48. The number of amides is 2. The zero-order valence-electron chi connectivity index (χ0n) is 17.8. The molecule has 2 aromatic carbocycles. The van der Waals surface area contributed by atoms with E-state index in [0.717, 1.165) is 23.2 Å². The van der Waals surface area contributed by atoms with Crippen LogP contribution in [0.5, 0.6) is 5.75 Å². The van der Waals surface area contributed by atoms with Gasteiger partial charge in [0.15, 0.2) is 5.11 Å². The summed E-state index contributed by atoms with van der Waals surface area (Å²) in [5.41, 5.74) is 1.92. The van der Waals surface area contributed by atoms with Gasteiger partial charge < -0.3 is 19.9 Å². The maximum atomic E-state index is 12.6. The molecule has 0 aromatic heterocycles. The number of nitrogens with zero attached hydrogens (tertiary/aromatic N) is 2. The van der Waals surface area contributed by atoms with Gasteiger partial charge in [0.05, 0.1) is 23.4 Å². The second kappa shape index (κ2) is 11.0. The third kappa shape index (κ3) is 5.90. The van der Waals surface area contributed by atoms with Crippen LogP contribution in [0.1, 0.15) is 23.7 Å². The lowest BCUT2D eigenvalue weighted by Gasteiger charge is -2.36. The molecule has 2 N–H and O–H groups in total. The van der Waals surface area contributed by atoms with Crippen LogP contribution in [0, 0.1) is 0 Å². The molecular weight excluding hydrogens is 516 g/mol. The van der Waals surface area contributed by atoms with Gasteiger partial charge in [-0.1, -0.05) is 34.5 Å². The molecule has 10 heteroatoms. The summed E-state index contributed by atoms with van der Waals surface area (Å²) in [5, 5.41) is 6.35. The fourth-order valence-corrected chi connectivity index (χ4v) is 4.32. The first-order valence-electron chi connectivity index (χ1n) is 10.1. The SMILES string of the molecule is CCC(=O)N1CCN(c2ccc(NC(=S)NC(=O)c3cc(Br)ccc3OC)cc2Cl)CC1. The van der Waals surface area contributed by atoms with Gasteiger partial charge in [-0.25, -0.2) is 0 Å². The number of thiocarbonyl (C=S) groups is 1. The quantitative estimate of drug-likeness (QED) is 0.552. The van der Waals surface area contributed by atoms with Crippen LogP contribution in [-0.2, 0) is 4.79 Å². The molecule has 7 nitrogen and oxygen atoms in total. The highest BCUT2D eigenvalue weighted by atomic mass is 79.9. The summed E-state index contributed by atoms with van der Waals surface area (Å²) >= 11 is 15.2. The van der Waals surface area contributed by atoms with Crippen LogP contribution >= 0.6 is 39.7 Å². The number of hydrogen-bond donors (Lipinski definition) is 2. The molecule has 0 saturated carbocycles. The number of rotatable bonds is 5.